The monoisotopic (exact) mass is 342 g/mol. The second-order valence-electron chi connectivity index (χ2n) is 8.40. The molecular weight excluding hydrogens is 304 g/mol. The van der Waals surface area contributed by atoms with E-state index in [2.05, 4.69) is 33.9 Å². The number of hydrogen-bond acceptors (Lipinski definition) is 3. The molecule has 1 N–H and O–H groups in total. The number of hydrogen-bond donors (Lipinski definition) is 1. The maximum atomic E-state index is 10.3. The molecule has 2 atom stereocenters. The zero-order chi connectivity index (χ0) is 17.5. The van der Waals surface area contributed by atoms with Gasteiger partial charge in [-0.1, -0.05) is 40.0 Å². The third kappa shape index (κ3) is 6.98. The molecule has 1 saturated carbocycles. The second-order valence-corrected chi connectivity index (χ2v) is 13.2. The van der Waals surface area contributed by atoms with Crippen LogP contribution in [0.1, 0.15) is 66.2 Å². The van der Waals surface area contributed by atoms with Gasteiger partial charge in [0.1, 0.15) is 0 Å². The summed E-state index contributed by atoms with van der Waals surface area (Å²) in [5.41, 5.74) is 0. The predicted molar refractivity (Wildman–Crippen MR) is 100 cm³/mol. The molecular formula is C19H38O3Si. The summed E-state index contributed by atoms with van der Waals surface area (Å²) < 4.78 is 11.9. The Hall–Kier alpha value is -0.323. The summed E-state index contributed by atoms with van der Waals surface area (Å²) in [6, 6.07) is 0. The smallest absolute Gasteiger partial charge is 0.192 e. The molecule has 0 bridgehead atoms. The lowest BCUT2D eigenvalue weighted by atomic mass is 9.83. The Kier molecular flexibility index (Phi) is 8.32. The van der Waals surface area contributed by atoms with Crippen LogP contribution in [0.5, 0.6) is 0 Å². The van der Waals surface area contributed by atoms with Gasteiger partial charge in [0.15, 0.2) is 8.32 Å². The highest BCUT2D eigenvalue weighted by atomic mass is 28.4. The molecule has 23 heavy (non-hydrogen) atoms. The SMILES string of the molecule is CCO/C=C/[C@H](O)C[C@H](O[Si](C)(C)C(C)(C)C)C1CCCCC1. The highest BCUT2D eigenvalue weighted by molar-refractivity contribution is 6.74. The van der Waals surface area contributed by atoms with Crippen LogP contribution < -0.4 is 0 Å². The van der Waals surface area contributed by atoms with Crippen molar-refractivity contribution in [3.05, 3.63) is 12.3 Å². The molecule has 0 aromatic rings. The Morgan fingerprint density at radius 1 is 1.17 bits per heavy atom. The molecule has 0 aromatic carbocycles. The lowest BCUT2D eigenvalue weighted by Crippen LogP contribution is -2.46. The predicted octanol–water partition coefficient (Wildman–Crippen LogP) is 5.26. The molecule has 1 fully saturated rings. The van der Waals surface area contributed by atoms with E-state index in [0.717, 1.165) is 0 Å². The first kappa shape index (κ1) is 20.7. The fourth-order valence-electron chi connectivity index (χ4n) is 2.96. The number of ether oxygens (including phenoxy) is 1. The molecule has 1 aliphatic rings. The van der Waals surface area contributed by atoms with Crippen molar-refractivity contribution in [3.8, 4) is 0 Å². The summed E-state index contributed by atoms with van der Waals surface area (Å²) >= 11 is 0. The molecule has 0 unspecified atom stereocenters. The largest absolute Gasteiger partial charge is 0.502 e. The van der Waals surface area contributed by atoms with Gasteiger partial charge in [0.25, 0.3) is 0 Å². The first-order chi connectivity index (χ1) is 10.7. The van der Waals surface area contributed by atoms with E-state index in [1.807, 2.05) is 6.92 Å². The normalized spacial score (nSPS) is 20.7. The molecule has 0 spiro atoms. The van der Waals surface area contributed by atoms with Gasteiger partial charge in [0.05, 0.1) is 25.1 Å². The van der Waals surface area contributed by atoms with E-state index in [1.54, 1.807) is 12.3 Å². The van der Waals surface area contributed by atoms with E-state index < -0.39 is 14.4 Å². The van der Waals surface area contributed by atoms with Crippen molar-refractivity contribution >= 4 is 8.32 Å². The minimum Gasteiger partial charge on any atom is -0.502 e. The molecule has 0 radical (unpaired) electrons. The van der Waals surface area contributed by atoms with Gasteiger partial charge in [0, 0.05) is 6.42 Å². The first-order valence-electron chi connectivity index (χ1n) is 9.31. The van der Waals surface area contributed by atoms with Crippen molar-refractivity contribution in [1.82, 2.24) is 0 Å². The van der Waals surface area contributed by atoms with Gasteiger partial charge in [-0.25, -0.2) is 0 Å². The van der Waals surface area contributed by atoms with Crippen LogP contribution in [-0.4, -0.2) is 32.2 Å². The zero-order valence-corrected chi connectivity index (χ0v) is 17.1. The van der Waals surface area contributed by atoms with Crippen molar-refractivity contribution in [1.29, 1.82) is 0 Å². The first-order valence-corrected chi connectivity index (χ1v) is 12.2. The van der Waals surface area contributed by atoms with Gasteiger partial charge in [0.2, 0.25) is 0 Å². The van der Waals surface area contributed by atoms with Gasteiger partial charge >= 0.3 is 0 Å². The average Bonchev–Trinajstić information content (AvgIpc) is 2.46. The average molecular weight is 343 g/mol. The Balaban J connectivity index is 2.76. The Morgan fingerprint density at radius 2 is 1.78 bits per heavy atom. The molecule has 0 aliphatic heterocycles. The van der Waals surface area contributed by atoms with E-state index in [-0.39, 0.29) is 11.1 Å². The van der Waals surface area contributed by atoms with Crippen LogP contribution in [0.25, 0.3) is 0 Å². The maximum Gasteiger partial charge on any atom is 0.192 e. The Bertz CT molecular complexity index is 354. The molecule has 0 amide bonds. The standard InChI is InChI=1S/C19H38O3Si/c1-7-21-14-13-17(20)15-18(16-11-9-8-10-12-16)22-23(5,6)19(2,3)4/h13-14,16-18,20H,7-12,15H2,1-6H3/b14-13+/t17-,18-/m0/s1. The molecule has 0 saturated heterocycles. The van der Waals surface area contributed by atoms with Crippen LogP contribution in [0.3, 0.4) is 0 Å². The molecule has 136 valence electrons. The maximum absolute atomic E-state index is 10.3. The van der Waals surface area contributed by atoms with Crippen LogP contribution in [0, 0.1) is 5.92 Å². The summed E-state index contributed by atoms with van der Waals surface area (Å²) in [5, 5.41) is 10.5. The molecule has 1 aliphatic carbocycles. The van der Waals surface area contributed by atoms with Gasteiger partial charge in [-0.05, 0) is 49.9 Å². The molecule has 0 aromatic heterocycles. The van der Waals surface area contributed by atoms with Crippen molar-refractivity contribution in [2.45, 2.75) is 96.6 Å². The Labute approximate surface area is 144 Å². The number of aliphatic hydroxyl groups is 1. The summed E-state index contributed by atoms with van der Waals surface area (Å²) in [5.74, 6) is 0.591. The summed E-state index contributed by atoms with van der Waals surface area (Å²) in [6.45, 7) is 14.0. The fourth-order valence-corrected chi connectivity index (χ4v) is 4.36. The topological polar surface area (TPSA) is 38.7 Å². The number of aliphatic hydroxyl groups excluding tert-OH is 1. The quantitative estimate of drug-likeness (QED) is 0.483. The summed E-state index contributed by atoms with van der Waals surface area (Å²) in [7, 11) is -1.82. The lowest BCUT2D eigenvalue weighted by Gasteiger charge is -2.42. The van der Waals surface area contributed by atoms with Crippen LogP contribution >= 0.6 is 0 Å². The van der Waals surface area contributed by atoms with Crippen molar-refractivity contribution in [3.63, 3.8) is 0 Å². The van der Waals surface area contributed by atoms with E-state index in [4.69, 9.17) is 9.16 Å². The highest BCUT2D eigenvalue weighted by Gasteiger charge is 2.41. The van der Waals surface area contributed by atoms with Crippen LogP contribution in [0.15, 0.2) is 12.3 Å². The van der Waals surface area contributed by atoms with Gasteiger partial charge in [-0.2, -0.15) is 0 Å². The van der Waals surface area contributed by atoms with Crippen LogP contribution in [-0.2, 0) is 9.16 Å². The summed E-state index contributed by atoms with van der Waals surface area (Å²) in [6.07, 6.45) is 10.2. The van der Waals surface area contributed by atoms with Crippen molar-refractivity contribution < 1.29 is 14.3 Å². The second kappa shape index (κ2) is 9.24. The summed E-state index contributed by atoms with van der Waals surface area (Å²) in [4.78, 5) is 0. The fraction of sp³-hybridized carbons (Fsp3) is 0.895. The third-order valence-electron chi connectivity index (χ3n) is 5.47. The third-order valence-corrected chi connectivity index (χ3v) is 9.97. The van der Waals surface area contributed by atoms with Crippen molar-refractivity contribution in [2.75, 3.05) is 6.61 Å². The number of rotatable bonds is 8. The van der Waals surface area contributed by atoms with E-state index >= 15 is 0 Å². The highest BCUT2D eigenvalue weighted by Crippen LogP contribution is 2.40. The van der Waals surface area contributed by atoms with Gasteiger partial charge < -0.3 is 14.3 Å². The van der Waals surface area contributed by atoms with E-state index in [0.29, 0.717) is 18.9 Å². The van der Waals surface area contributed by atoms with Crippen LogP contribution in [0.2, 0.25) is 18.1 Å². The van der Waals surface area contributed by atoms with E-state index in [1.165, 1.54) is 32.1 Å². The van der Waals surface area contributed by atoms with E-state index in [9.17, 15) is 5.11 Å². The molecule has 3 nitrogen and oxygen atoms in total. The molecule has 1 rings (SSSR count). The molecule has 4 heteroatoms. The van der Waals surface area contributed by atoms with Crippen molar-refractivity contribution in [2.24, 2.45) is 5.92 Å². The minimum atomic E-state index is -1.82. The minimum absolute atomic E-state index is 0.164. The van der Waals surface area contributed by atoms with Crippen LogP contribution in [0.4, 0.5) is 0 Å². The lowest BCUT2D eigenvalue weighted by molar-refractivity contribution is 0.0518. The van der Waals surface area contributed by atoms with Gasteiger partial charge in [-0.15, -0.1) is 0 Å². The zero-order valence-electron chi connectivity index (χ0n) is 16.1. The molecule has 0 heterocycles. The Morgan fingerprint density at radius 3 is 2.30 bits per heavy atom. The van der Waals surface area contributed by atoms with Gasteiger partial charge in [-0.3, -0.25) is 0 Å².